The zero-order chi connectivity index (χ0) is 59.0. The maximum Gasteiger partial charge on any atom is 0.534 e. The van der Waals surface area contributed by atoms with E-state index >= 15 is 0 Å². The van der Waals surface area contributed by atoms with Gasteiger partial charge in [0.15, 0.2) is 0 Å². The first-order valence-electron chi connectivity index (χ1n) is 23.4. The molecule has 0 atom stereocenters. The van der Waals surface area contributed by atoms with E-state index in [1.54, 1.807) is 38.1 Å². The third-order valence-electron chi connectivity index (χ3n) is 13.5. The Labute approximate surface area is 436 Å². The maximum absolute atomic E-state index is 13.7. The number of hydrogen-bond donors (Lipinski definition) is 1. The third-order valence-corrected chi connectivity index (χ3v) is 14.5. The van der Waals surface area contributed by atoms with Gasteiger partial charge in [-0.3, -0.25) is 0 Å². The van der Waals surface area contributed by atoms with Gasteiger partial charge in [0.1, 0.15) is 25.1 Å². The van der Waals surface area contributed by atoms with E-state index in [1.165, 1.54) is 44.2 Å². The molecular weight excluding hydrogens is 1080 g/mol. The molecule has 8 nitrogen and oxygen atoms in total. The van der Waals surface area contributed by atoms with E-state index in [1.807, 2.05) is 39.8 Å². The van der Waals surface area contributed by atoms with Gasteiger partial charge in [-0.15, -0.1) is 0 Å². The number of halogens is 15. The number of phenolic OH excluding ortho intramolecular Hbond substituents is 1. The van der Waals surface area contributed by atoms with E-state index in [0.717, 1.165) is 37.5 Å². The molecule has 0 saturated carbocycles. The summed E-state index contributed by atoms with van der Waals surface area (Å²) in [5.74, 6) is -0.359. The zero-order valence-electron chi connectivity index (χ0n) is 43.4. The molecule has 0 unspecified atom stereocenters. The molecule has 0 heterocycles. The number of ether oxygens (including phenoxy) is 4. The van der Waals surface area contributed by atoms with Gasteiger partial charge in [0.05, 0.1) is 0 Å². The lowest BCUT2D eigenvalue weighted by Crippen LogP contribution is -2.57. The zero-order valence-corrected chi connectivity index (χ0v) is 44.2. The van der Waals surface area contributed by atoms with Crippen molar-refractivity contribution in [1.29, 1.82) is 0 Å². The molecule has 0 aliphatic heterocycles. The van der Waals surface area contributed by atoms with Crippen LogP contribution >= 0.6 is 0 Å². The van der Waals surface area contributed by atoms with Crippen molar-refractivity contribution in [2.75, 3.05) is 27.8 Å². The lowest BCUT2D eigenvalue weighted by molar-refractivity contribution is -0.372. The number of alkyl halides is 15. The molecule has 1 N–H and O–H groups in total. The highest BCUT2D eigenvalue weighted by Gasteiger charge is 2.72. The maximum atomic E-state index is 13.7. The summed E-state index contributed by atoms with van der Waals surface area (Å²) in [4.78, 5) is 0. The average molecular weight is 1140 g/mol. The molecule has 0 spiro atoms. The van der Waals surface area contributed by atoms with Crippen LogP contribution in [-0.4, -0.2) is 82.7 Å². The van der Waals surface area contributed by atoms with Crippen LogP contribution < -0.4 is 4.18 Å². The van der Waals surface area contributed by atoms with E-state index in [0.29, 0.717) is 59.6 Å². The Hall–Kier alpha value is -5.30. The predicted molar refractivity (Wildman–Crippen MR) is 258 cm³/mol. The highest BCUT2D eigenvalue weighted by atomic mass is 32.2. The summed E-state index contributed by atoms with van der Waals surface area (Å²) in [6.07, 6.45) is -19.7. The van der Waals surface area contributed by atoms with Crippen molar-refractivity contribution in [3.05, 3.63) is 141 Å². The van der Waals surface area contributed by atoms with Crippen molar-refractivity contribution in [3.8, 4) is 11.5 Å². The van der Waals surface area contributed by atoms with Gasteiger partial charge in [0.25, 0.3) is 11.2 Å². The lowest BCUT2D eigenvalue weighted by atomic mass is 9.70. The summed E-state index contributed by atoms with van der Waals surface area (Å²) in [7, 11) is -4.08. The number of aryl methyl sites for hydroxylation is 4. The average Bonchev–Trinajstić information content (AvgIpc) is 3.31. The highest BCUT2D eigenvalue weighted by Crippen LogP contribution is 2.50. The smallest absolute Gasteiger partial charge is 0.508 e. The monoisotopic (exact) mass is 1140 g/mol. The summed E-state index contributed by atoms with van der Waals surface area (Å²) in [5, 5.41) is 9.91. The molecular formula is C53H59F15O8S. The van der Waals surface area contributed by atoms with Gasteiger partial charge in [-0.1, -0.05) is 101 Å². The van der Waals surface area contributed by atoms with Gasteiger partial charge < -0.3 is 28.2 Å². The fourth-order valence-electron chi connectivity index (χ4n) is 8.79. The summed E-state index contributed by atoms with van der Waals surface area (Å²) in [5.41, 5.74) is -11.1. The van der Waals surface area contributed by atoms with Crippen LogP contribution in [0.1, 0.15) is 109 Å². The van der Waals surface area contributed by atoms with Crippen molar-refractivity contribution in [3.63, 3.8) is 0 Å². The van der Waals surface area contributed by atoms with Gasteiger partial charge >= 0.3 is 40.3 Å². The molecule has 77 heavy (non-hydrogen) atoms. The van der Waals surface area contributed by atoms with E-state index < -0.39 is 81.7 Å². The van der Waals surface area contributed by atoms with Gasteiger partial charge in [0.2, 0.25) is 0 Å². The lowest BCUT2D eigenvalue weighted by Gasteiger charge is -2.35. The Balaban J connectivity index is 0.000000412. The molecule has 4 aromatic carbocycles. The van der Waals surface area contributed by atoms with Crippen molar-refractivity contribution >= 4 is 22.3 Å². The van der Waals surface area contributed by atoms with Crippen LogP contribution in [0.15, 0.2) is 84.9 Å². The third kappa shape index (κ3) is 13.9. The van der Waals surface area contributed by atoms with E-state index in [-0.39, 0.29) is 34.6 Å². The molecule has 24 heteroatoms. The Kier molecular flexibility index (Phi) is 21.2. The Bertz CT molecular complexity index is 2760. The van der Waals surface area contributed by atoms with Gasteiger partial charge in [0, 0.05) is 25.0 Å². The first-order valence-corrected chi connectivity index (χ1v) is 24.8. The van der Waals surface area contributed by atoms with Gasteiger partial charge in [-0.25, -0.2) is 0 Å². The molecule has 0 radical (unpaired) electrons. The van der Waals surface area contributed by atoms with Crippen LogP contribution in [0.25, 0.3) is 12.2 Å². The van der Waals surface area contributed by atoms with Crippen LogP contribution in [-0.2, 0) is 39.9 Å². The number of methoxy groups -OCH3 is 2. The molecule has 0 saturated heterocycles. The van der Waals surface area contributed by atoms with Crippen molar-refractivity contribution in [2.24, 2.45) is 0 Å². The number of phenols is 1. The predicted octanol–water partition coefficient (Wildman–Crippen LogP) is 15.7. The van der Waals surface area contributed by atoms with Crippen LogP contribution in [0.5, 0.6) is 11.5 Å². The summed E-state index contributed by atoms with van der Waals surface area (Å²) >= 11 is 0. The Morgan fingerprint density at radius 2 is 0.779 bits per heavy atom. The molecule has 0 fully saturated rings. The second kappa shape index (κ2) is 24.8. The highest BCUT2D eigenvalue weighted by molar-refractivity contribution is 7.88. The molecule has 4 rings (SSSR count). The van der Waals surface area contributed by atoms with Crippen molar-refractivity contribution in [1.82, 2.24) is 0 Å². The quantitative estimate of drug-likeness (QED) is 0.0404. The summed E-state index contributed by atoms with van der Waals surface area (Å²) in [6.45, 7) is 11.4. The number of rotatable bonds is 20. The summed E-state index contributed by atoms with van der Waals surface area (Å²) < 4.78 is 246. The molecule has 430 valence electrons. The Morgan fingerprint density at radius 3 is 1.05 bits per heavy atom. The minimum Gasteiger partial charge on any atom is -0.508 e. The van der Waals surface area contributed by atoms with Crippen molar-refractivity contribution < 1.29 is 103 Å². The second-order valence-electron chi connectivity index (χ2n) is 17.9. The normalized spacial score (nSPS) is 13.8. The first kappa shape index (κ1) is 66.0. The Morgan fingerprint density at radius 1 is 0.468 bits per heavy atom. The fourth-order valence-corrected chi connectivity index (χ4v) is 9.31. The minimum absolute atomic E-state index is 0.00967. The molecule has 0 aromatic heterocycles. The molecule has 0 aliphatic rings. The van der Waals surface area contributed by atoms with E-state index in [2.05, 4.69) is 23.1 Å². The first-order chi connectivity index (χ1) is 35.3. The van der Waals surface area contributed by atoms with Gasteiger partial charge in [-0.2, -0.15) is 74.3 Å². The SMILES string of the molecule is CCC(CC)(c1ccc(/C=C/C(OCOC)(C(F)(F)F)C(F)(F)F)c(C)c1)c1ccc(OS(=O)(=O)C(F)(F)F)c(C)c1.CCC(CC)(c1ccc(O)c(C)c1)c1ccc(/C=C/C(OCOC)(C(F)(F)F)C(F)(F)F)c(C)c1. The molecule has 0 aliphatic carbocycles. The topological polar surface area (TPSA) is 101 Å². The standard InChI is InChI=1S/C27H29F9O5S.C26H30F6O3/c1-6-23(7-2,21-10-11-22(18(4)15-21)41-42(37,38)27(34,35)36)20-9-8-19(17(3)14-20)12-13-24(25(28,29)30,26(31,32)33)40-16-39-5;1-6-23(7-2,21-10-11-22(33)18(4)15-21)20-9-8-19(17(3)14-20)12-13-24(25(27,28)29,26(30,31)32)35-16-34-5/h8-15H,6-7,16H2,1-5H3;8-15,33H,6-7,16H2,1-5H3/b2*13-12+. The molecule has 0 bridgehead atoms. The number of hydrogen-bond acceptors (Lipinski definition) is 8. The van der Waals surface area contributed by atoms with Crippen LogP contribution in [0.2, 0.25) is 0 Å². The van der Waals surface area contributed by atoms with Crippen molar-refractivity contribution in [2.45, 2.75) is 133 Å². The van der Waals surface area contributed by atoms with Crippen LogP contribution in [0.4, 0.5) is 65.9 Å². The van der Waals surface area contributed by atoms with E-state index in [4.69, 9.17) is 0 Å². The van der Waals surface area contributed by atoms with Gasteiger partial charge in [-0.05, 0) is 133 Å². The second-order valence-corrected chi connectivity index (χ2v) is 19.5. The largest absolute Gasteiger partial charge is 0.534 e. The van der Waals surface area contributed by atoms with Crippen LogP contribution in [0.3, 0.4) is 0 Å². The fraction of sp³-hybridized carbons (Fsp3) is 0.472. The number of benzene rings is 4. The van der Waals surface area contributed by atoms with Crippen LogP contribution in [0, 0.1) is 27.7 Å². The summed E-state index contributed by atoms with van der Waals surface area (Å²) in [6, 6.07) is 18.7. The minimum atomic E-state index is -5.90. The number of aromatic hydroxyl groups is 1. The van der Waals surface area contributed by atoms with E-state index in [9.17, 15) is 79.4 Å². The molecule has 4 aromatic rings. The molecule has 0 amide bonds.